The van der Waals surface area contributed by atoms with Crippen molar-refractivity contribution in [1.82, 2.24) is 4.72 Å². The van der Waals surface area contributed by atoms with Crippen LogP contribution in [0.2, 0.25) is 0 Å². The fourth-order valence-corrected chi connectivity index (χ4v) is 4.66. The van der Waals surface area contributed by atoms with Gasteiger partial charge < -0.3 is 15.7 Å². The fraction of sp³-hybridized carbons (Fsp3) is 0.909. The van der Waals surface area contributed by atoms with Crippen LogP contribution in [0.1, 0.15) is 38.5 Å². The summed E-state index contributed by atoms with van der Waals surface area (Å²) in [6, 6.07) is 0. The molecular formula is C11H21N3O4S. The van der Waals surface area contributed by atoms with Gasteiger partial charge in [-0.15, -0.1) is 0 Å². The molecule has 110 valence electrons. The molecule has 0 atom stereocenters. The van der Waals surface area contributed by atoms with E-state index < -0.39 is 20.8 Å². The number of sulfonamides is 1. The van der Waals surface area contributed by atoms with Gasteiger partial charge in [0.15, 0.2) is 5.84 Å². The third kappa shape index (κ3) is 3.01. The Balaban J connectivity index is 2.16. The zero-order chi connectivity index (χ0) is 13.9. The molecule has 2 fully saturated rings. The van der Waals surface area contributed by atoms with E-state index >= 15 is 0 Å². The van der Waals surface area contributed by atoms with Gasteiger partial charge >= 0.3 is 0 Å². The molecule has 1 saturated carbocycles. The number of oxime groups is 1. The first kappa shape index (κ1) is 14.5. The van der Waals surface area contributed by atoms with E-state index in [1.165, 1.54) is 0 Å². The first-order valence-corrected chi connectivity index (χ1v) is 8.13. The second-order valence-corrected chi connectivity index (χ2v) is 7.19. The predicted molar refractivity (Wildman–Crippen MR) is 70.5 cm³/mol. The van der Waals surface area contributed by atoms with Gasteiger partial charge in [0.05, 0.1) is 10.8 Å². The summed E-state index contributed by atoms with van der Waals surface area (Å²) < 4.78 is 32.7. The number of nitrogens with zero attached hydrogens (tertiary/aromatic N) is 1. The molecule has 7 nitrogen and oxygen atoms in total. The third-order valence-corrected chi connectivity index (χ3v) is 6.02. The molecule has 0 radical (unpaired) electrons. The van der Waals surface area contributed by atoms with Crippen LogP contribution in [0, 0.1) is 0 Å². The summed E-state index contributed by atoms with van der Waals surface area (Å²) in [4.78, 5) is 0. The Kier molecular flexibility index (Phi) is 4.32. The van der Waals surface area contributed by atoms with Crippen molar-refractivity contribution in [3.63, 3.8) is 0 Å². The van der Waals surface area contributed by atoms with Crippen molar-refractivity contribution in [2.75, 3.05) is 13.2 Å². The van der Waals surface area contributed by atoms with Gasteiger partial charge in [-0.2, -0.15) is 0 Å². The molecule has 0 bridgehead atoms. The summed E-state index contributed by atoms with van der Waals surface area (Å²) in [6.07, 6.45) is 3.86. The molecule has 0 aromatic carbocycles. The van der Waals surface area contributed by atoms with Gasteiger partial charge in [-0.25, -0.2) is 13.1 Å². The zero-order valence-electron chi connectivity index (χ0n) is 10.8. The minimum absolute atomic E-state index is 0.0411. The smallest absolute Gasteiger partial charge is 0.215 e. The molecule has 1 aliphatic heterocycles. The first-order valence-electron chi connectivity index (χ1n) is 6.59. The van der Waals surface area contributed by atoms with E-state index in [1.54, 1.807) is 0 Å². The molecule has 4 N–H and O–H groups in total. The highest BCUT2D eigenvalue weighted by molar-refractivity contribution is 7.90. The summed E-state index contributed by atoms with van der Waals surface area (Å²) in [7, 11) is -3.48. The lowest BCUT2D eigenvalue weighted by Crippen LogP contribution is -2.57. The van der Waals surface area contributed by atoms with E-state index in [2.05, 4.69) is 9.88 Å². The SMILES string of the molecule is NC(=NO)C1(NS(=O)(=O)C2CCOCC2)CCCC1. The van der Waals surface area contributed by atoms with E-state index in [-0.39, 0.29) is 5.84 Å². The van der Waals surface area contributed by atoms with Crippen LogP contribution < -0.4 is 10.5 Å². The third-order valence-electron chi connectivity index (χ3n) is 4.00. The summed E-state index contributed by atoms with van der Waals surface area (Å²) in [6.45, 7) is 0.921. The first-order chi connectivity index (χ1) is 9.00. The van der Waals surface area contributed by atoms with Gasteiger partial charge in [-0.05, 0) is 25.7 Å². The standard InChI is InChI=1S/C11H21N3O4S/c12-10(13-15)11(5-1-2-6-11)14-19(16,17)9-3-7-18-8-4-9/h9,14-15H,1-8H2,(H2,12,13). The number of hydrogen-bond acceptors (Lipinski definition) is 5. The van der Waals surface area contributed by atoms with Gasteiger partial charge in [0.1, 0.15) is 0 Å². The van der Waals surface area contributed by atoms with Crippen molar-refractivity contribution in [3.8, 4) is 0 Å². The molecule has 1 aliphatic carbocycles. The Morgan fingerprint density at radius 1 is 1.32 bits per heavy atom. The molecule has 1 saturated heterocycles. The number of nitrogens with two attached hydrogens (primary N) is 1. The summed E-state index contributed by atoms with van der Waals surface area (Å²) >= 11 is 0. The van der Waals surface area contributed by atoms with Crippen molar-refractivity contribution in [1.29, 1.82) is 0 Å². The second-order valence-electron chi connectivity index (χ2n) is 5.23. The van der Waals surface area contributed by atoms with E-state index in [4.69, 9.17) is 15.7 Å². The molecule has 2 rings (SSSR count). The highest BCUT2D eigenvalue weighted by Gasteiger charge is 2.43. The summed E-state index contributed by atoms with van der Waals surface area (Å²) in [5.41, 5.74) is 4.79. The lowest BCUT2D eigenvalue weighted by molar-refractivity contribution is 0.0980. The van der Waals surface area contributed by atoms with Gasteiger partial charge in [0.25, 0.3) is 0 Å². The van der Waals surface area contributed by atoms with Crippen LogP contribution in [-0.4, -0.2) is 43.5 Å². The Bertz CT molecular complexity index is 437. The van der Waals surface area contributed by atoms with Crippen molar-refractivity contribution < 1.29 is 18.4 Å². The van der Waals surface area contributed by atoms with E-state index in [0.29, 0.717) is 38.9 Å². The molecule has 1 heterocycles. The fourth-order valence-electron chi connectivity index (χ4n) is 2.83. The van der Waals surface area contributed by atoms with Crippen molar-refractivity contribution in [3.05, 3.63) is 0 Å². The van der Waals surface area contributed by atoms with Crippen LogP contribution in [0.3, 0.4) is 0 Å². The second kappa shape index (κ2) is 5.64. The zero-order valence-corrected chi connectivity index (χ0v) is 11.7. The average molecular weight is 291 g/mol. The normalized spacial score (nSPS) is 25.6. The highest BCUT2D eigenvalue weighted by Crippen LogP contribution is 2.31. The number of rotatable bonds is 4. The van der Waals surface area contributed by atoms with E-state index in [1.807, 2.05) is 0 Å². The largest absolute Gasteiger partial charge is 0.409 e. The van der Waals surface area contributed by atoms with Crippen LogP contribution in [0.4, 0.5) is 0 Å². The summed E-state index contributed by atoms with van der Waals surface area (Å²) in [5, 5.41) is 11.4. The number of nitrogens with one attached hydrogen (secondary N) is 1. The monoisotopic (exact) mass is 291 g/mol. The van der Waals surface area contributed by atoms with E-state index in [0.717, 1.165) is 12.8 Å². The maximum absolute atomic E-state index is 12.4. The van der Waals surface area contributed by atoms with Crippen LogP contribution >= 0.6 is 0 Å². The molecule has 0 aromatic rings. The lowest BCUT2D eigenvalue weighted by atomic mass is 9.98. The molecule has 0 spiro atoms. The number of hydrogen-bond donors (Lipinski definition) is 3. The Morgan fingerprint density at radius 2 is 1.89 bits per heavy atom. The minimum Gasteiger partial charge on any atom is -0.409 e. The average Bonchev–Trinajstić information content (AvgIpc) is 2.88. The van der Waals surface area contributed by atoms with Crippen LogP contribution in [0.5, 0.6) is 0 Å². The topological polar surface area (TPSA) is 114 Å². The van der Waals surface area contributed by atoms with Crippen molar-refractivity contribution in [2.24, 2.45) is 10.9 Å². The quantitative estimate of drug-likeness (QED) is 0.295. The molecule has 2 aliphatic rings. The number of amidine groups is 1. The lowest BCUT2D eigenvalue weighted by Gasteiger charge is -2.31. The van der Waals surface area contributed by atoms with Gasteiger partial charge in [0, 0.05) is 13.2 Å². The van der Waals surface area contributed by atoms with Crippen molar-refractivity contribution in [2.45, 2.75) is 49.3 Å². The number of ether oxygens (including phenoxy) is 1. The van der Waals surface area contributed by atoms with Crippen molar-refractivity contribution >= 4 is 15.9 Å². The van der Waals surface area contributed by atoms with Crippen LogP contribution in [-0.2, 0) is 14.8 Å². The predicted octanol–water partition coefficient (Wildman–Crippen LogP) is 0.144. The maximum Gasteiger partial charge on any atom is 0.215 e. The molecule has 8 heteroatoms. The Labute approximate surface area is 113 Å². The van der Waals surface area contributed by atoms with Crippen LogP contribution in [0.15, 0.2) is 5.16 Å². The molecule has 0 aromatic heterocycles. The van der Waals surface area contributed by atoms with Gasteiger partial charge in [-0.3, -0.25) is 0 Å². The molecule has 0 unspecified atom stereocenters. The molecule has 0 amide bonds. The molecule has 19 heavy (non-hydrogen) atoms. The Morgan fingerprint density at radius 3 is 2.42 bits per heavy atom. The van der Waals surface area contributed by atoms with Gasteiger partial charge in [-0.1, -0.05) is 18.0 Å². The summed E-state index contributed by atoms with van der Waals surface area (Å²) in [5.74, 6) is -0.0411. The Hall–Kier alpha value is -0.860. The minimum atomic E-state index is -3.48. The maximum atomic E-state index is 12.4. The molecular weight excluding hydrogens is 270 g/mol. The highest BCUT2D eigenvalue weighted by atomic mass is 32.2. The van der Waals surface area contributed by atoms with E-state index in [9.17, 15) is 8.42 Å². The van der Waals surface area contributed by atoms with Crippen LogP contribution in [0.25, 0.3) is 0 Å². The van der Waals surface area contributed by atoms with Gasteiger partial charge in [0.2, 0.25) is 10.0 Å².